The van der Waals surface area contributed by atoms with E-state index in [1.54, 1.807) is 18.1 Å². The summed E-state index contributed by atoms with van der Waals surface area (Å²) in [5, 5.41) is 2.69. The van der Waals surface area contributed by atoms with Crippen molar-refractivity contribution in [1.82, 2.24) is 19.6 Å². The summed E-state index contributed by atoms with van der Waals surface area (Å²) in [6, 6.07) is 8.84. The number of nitrogens with one attached hydrogen (secondary N) is 1. The maximum Gasteiger partial charge on any atom is 0.322 e. The Kier molecular flexibility index (Phi) is 12.6. The highest BCUT2D eigenvalue weighted by atomic mass is 35.5. The molecule has 2 aromatic rings. The molecule has 0 saturated carbocycles. The predicted octanol–water partition coefficient (Wildman–Crippen LogP) is 3.49. The van der Waals surface area contributed by atoms with Crippen molar-refractivity contribution in [3.8, 4) is 5.75 Å². The van der Waals surface area contributed by atoms with Crippen molar-refractivity contribution in [3.05, 3.63) is 64.6 Å². The van der Waals surface area contributed by atoms with Crippen molar-refractivity contribution in [3.63, 3.8) is 0 Å². The monoisotopic (exact) mass is 673 g/mol. The van der Waals surface area contributed by atoms with Crippen molar-refractivity contribution in [2.45, 2.75) is 31.3 Å². The number of urea groups is 1. The predicted molar refractivity (Wildman–Crippen MR) is 174 cm³/mol. The van der Waals surface area contributed by atoms with Gasteiger partial charge in [0.15, 0.2) is 0 Å². The first-order chi connectivity index (χ1) is 22.6. The molecular formula is C33H41ClFN5O7. The molecule has 1 saturated heterocycles. The maximum atomic E-state index is 14.5. The number of benzene rings is 2. The Morgan fingerprint density at radius 2 is 1.81 bits per heavy atom. The van der Waals surface area contributed by atoms with Crippen LogP contribution in [0.4, 0.5) is 14.9 Å². The minimum Gasteiger partial charge on any atom is -0.497 e. The van der Waals surface area contributed by atoms with Gasteiger partial charge in [0.05, 0.1) is 37.0 Å². The van der Waals surface area contributed by atoms with E-state index in [1.165, 1.54) is 44.5 Å². The van der Waals surface area contributed by atoms with E-state index in [0.29, 0.717) is 45.3 Å². The number of amides is 5. The van der Waals surface area contributed by atoms with Crippen LogP contribution >= 0.6 is 11.6 Å². The molecule has 0 bridgehead atoms. The fourth-order valence-electron chi connectivity index (χ4n) is 5.83. The number of methoxy groups -OCH3 is 3. The highest BCUT2D eigenvalue weighted by molar-refractivity contribution is 6.35. The van der Waals surface area contributed by atoms with E-state index >= 15 is 0 Å². The van der Waals surface area contributed by atoms with Gasteiger partial charge in [-0.25, -0.2) is 9.18 Å². The fraction of sp³-hybridized carbons (Fsp3) is 0.455. The van der Waals surface area contributed by atoms with Crippen LogP contribution in [0.25, 0.3) is 5.57 Å². The van der Waals surface area contributed by atoms with Gasteiger partial charge in [-0.1, -0.05) is 23.7 Å². The van der Waals surface area contributed by atoms with E-state index in [-0.39, 0.29) is 53.9 Å². The minimum atomic E-state index is -0.742. The van der Waals surface area contributed by atoms with E-state index in [1.807, 2.05) is 17.0 Å². The molecule has 2 aliphatic heterocycles. The van der Waals surface area contributed by atoms with Crippen LogP contribution < -0.4 is 10.1 Å². The van der Waals surface area contributed by atoms with Crippen LogP contribution in [0.3, 0.4) is 0 Å². The molecule has 12 nitrogen and oxygen atoms in total. The third-order valence-electron chi connectivity index (χ3n) is 8.50. The minimum absolute atomic E-state index is 0.0635. The van der Waals surface area contributed by atoms with Gasteiger partial charge in [-0.2, -0.15) is 0 Å². The summed E-state index contributed by atoms with van der Waals surface area (Å²) in [6.07, 6.45) is 3.42. The van der Waals surface area contributed by atoms with Crippen molar-refractivity contribution >= 4 is 47.1 Å². The lowest BCUT2D eigenvalue weighted by atomic mass is 10.0. The molecule has 4 rings (SSSR count). The van der Waals surface area contributed by atoms with Crippen molar-refractivity contribution in [1.29, 1.82) is 0 Å². The van der Waals surface area contributed by atoms with Crippen LogP contribution in [0, 0.1) is 5.82 Å². The van der Waals surface area contributed by atoms with Gasteiger partial charge in [-0.3, -0.25) is 14.4 Å². The van der Waals surface area contributed by atoms with Crippen molar-refractivity contribution in [2.24, 2.45) is 0 Å². The standard InChI is InChI=1S/C33H41ClFN5O7/c1-37(24(19-45-2)20-46-3)32(43)27(26-6-5-7-28(35)31(26)34)17-38(21-41)18-30(42)39-13-11-23(12-14-39)40-15-10-22-16-25(47-4)8-9-29(22)36-33(40)44/h5-9,16-17,21,23-24H,10-15,18-20H2,1-4H3,(H,36,44)/b27-17-. The highest BCUT2D eigenvalue weighted by Crippen LogP contribution is 2.30. The van der Waals surface area contributed by atoms with E-state index in [2.05, 4.69) is 5.32 Å². The number of rotatable bonds is 13. The normalized spacial score (nSPS) is 15.6. The number of fused-ring (bicyclic) bond motifs is 1. The molecule has 1 fully saturated rings. The summed E-state index contributed by atoms with van der Waals surface area (Å²) in [4.78, 5) is 58.3. The van der Waals surface area contributed by atoms with Gasteiger partial charge in [0.1, 0.15) is 18.1 Å². The van der Waals surface area contributed by atoms with Crippen LogP contribution in [-0.2, 0) is 30.3 Å². The molecule has 2 aromatic carbocycles. The smallest absolute Gasteiger partial charge is 0.322 e. The molecule has 2 aliphatic rings. The number of hydrogen-bond donors (Lipinski definition) is 1. The molecular weight excluding hydrogens is 633 g/mol. The SMILES string of the molecule is COCC(COC)N(C)C(=O)/C(=C\N(C=O)CC(=O)N1CCC(N2CCc3cc(OC)ccc3NC2=O)CC1)c1cccc(F)c1Cl. The van der Waals surface area contributed by atoms with Gasteiger partial charge in [0, 0.05) is 64.4 Å². The Morgan fingerprint density at radius 1 is 1.11 bits per heavy atom. The number of likely N-dealkylation sites (N-methyl/N-ethyl adjacent to an activating group) is 1. The number of carbonyl (C=O) groups is 4. The molecule has 0 spiro atoms. The quantitative estimate of drug-likeness (QED) is 0.255. The lowest BCUT2D eigenvalue weighted by Gasteiger charge is -2.38. The number of ether oxygens (including phenoxy) is 3. The first-order valence-corrected chi connectivity index (χ1v) is 15.6. The number of nitrogens with zero attached hydrogens (tertiary/aromatic N) is 4. The molecule has 0 atom stereocenters. The summed E-state index contributed by atoms with van der Waals surface area (Å²) < 4.78 is 30.3. The van der Waals surface area contributed by atoms with Crippen molar-refractivity contribution < 1.29 is 37.8 Å². The molecule has 1 N–H and O–H groups in total. The molecule has 14 heteroatoms. The number of halogens is 2. The first kappa shape index (κ1) is 35.7. The number of anilines is 1. The zero-order valence-corrected chi connectivity index (χ0v) is 27.8. The second kappa shape index (κ2) is 16.6. The zero-order valence-electron chi connectivity index (χ0n) is 27.0. The van der Waals surface area contributed by atoms with Gasteiger partial charge in [0.2, 0.25) is 12.3 Å². The Hall–Kier alpha value is -4.20. The zero-order chi connectivity index (χ0) is 34.1. The number of carbonyl (C=O) groups excluding carboxylic acids is 4. The van der Waals surface area contributed by atoms with Gasteiger partial charge in [-0.15, -0.1) is 0 Å². The van der Waals surface area contributed by atoms with Crippen LogP contribution in [-0.4, -0.2) is 124 Å². The summed E-state index contributed by atoms with van der Waals surface area (Å²) in [7, 11) is 6.11. The van der Waals surface area contributed by atoms with Gasteiger partial charge in [0.25, 0.3) is 5.91 Å². The van der Waals surface area contributed by atoms with Gasteiger partial charge in [-0.05, 0) is 49.1 Å². The lowest BCUT2D eigenvalue weighted by molar-refractivity contribution is -0.135. The number of piperidine rings is 1. The molecule has 0 unspecified atom stereocenters. The Bertz CT molecular complexity index is 1480. The highest BCUT2D eigenvalue weighted by Gasteiger charge is 2.32. The molecule has 0 aromatic heterocycles. The number of hydrogen-bond acceptors (Lipinski definition) is 7. The van der Waals surface area contributed by atoms with E-state index in [4.69, 9.17) is 25.8 Å². The summed E-state index contributed by atoms with van der Waals surface area (Å²) >= 11 is 6.27. The Labute approximate surface area is 278 Å². The average molecular weight is 674 g/mol. The first-order valence-electron chi connectivity index (χ1n) is 15.3. The fourth-order valence-corrected chi connectivity index (χ4v) is 6.06. The van der Waals surface area contributed by atoms with Crippen molar-refractivity contribution in [2.75, 3.05) is 73.1 Å². The largest absolute Gasteiger partial charge is 0.497 e. The third kappa shape index (κ3) is 8.59. The molecule has 0 aliphatic carbocycles. The van der Waals surface area contributed by atoms with E-state index in [0.717, 1.165) is 28.0 Å². The second-order valence-electron chi connectivity index (χ2n) is 11.4. The third-order valence-corrected chi connectivity index (χ3v) is 8.89. The maximum absolute atomic E-state index is 14.5. The Morgan fingerprint density at radius 3 is 2.45 bits per heavy atom. The Balaban J connectivity index is 1.46. The number of likely N-dealkylation sites (tertiary alicyclic amines) is 1. The van der Waals surface area contributed by atoms with Crippen LogP contribution in [0.15, 0.2) is 42.6 Å². The molecule has 47 heavy (non-hydrogen) atoms. The van der Waals surface area contributed by atoms with Crippen LogP contribution in [0.1, 0.15) is 24.0 Å². The molecule has 2 heterocycles. The summed E-state index contributed by atoms with van der Waals surface area (Å²) in [5.41, 5.74) is 1.72. The topological polar surface area (TPSA) is 121 Å². The lowest BCUT2D eigenvalue weighted by Crippen LogP contribution is -2.51. The van der Waals surface area contributed by atoms with Crippen LogP contribution in [0.5, 0.6) is 5.75 Å². The van der Waals surface area contributed by atoms with Crippen LogP contribution in [0.2, 0.25) is 5.02 Å². The van der Waals surface area contributed by atoms with E-state index < -0.39 is 17.8 Å². The molecule has 5 amide bonds. The average Bonchev–Trinajstić information content (AvgIpc) is 3.24. The summed E-state index contributed by atoms with van der Waals surface area (Å²) in [5.74, 6) is -0.933. The van der Waals surface area contributed by atoms with Gasteiger partial charge >= 0.3 is 6.03 Å². The van der Waals surface area contributed by atoms with E-state index in [9.17, 15) is 23.6 Å². The van der Waals surface area contributed by atoms with Gasteiger partial charge < -0.3 is 39.1 Å². The summed E-state index contributed by atoms with van der Waals surface area (Å²) in [6.45, 7) is 1.24. The molecule has 254 valence electrons. The molecule has 0 radical (unpaired) electrons. The second-order valence-corrected chi connectivity index (χ2v) is 11.8.